The Balaban J connectivity index is 1.52. The maximum absolute atomic E-state index is 14.9. The standard InChI is InChI=1S/C23H22FN9O3/c1-3-36-21-11-14(6-9-20(21)35-2)18-5-4-10-33(30-18)23(34)16-8-7-15(12-17(16)24)26-27-19(13-25)22-28-31-32-29-22/h6-9,11-12,26H,3-5,10H2,1-2H3,(H,28,29,31,32)/b27-19-. The van der Waals surface area contributed by atoms with Crippen molar-refractivity contribution >= 4 is 23.0 Å². The van der Waals surface area contributed by atoms with Gasteiger partial charge in [0.15, 0.2) is 11.5 Å². The Bertz CT molecular complexity index is 1350. The summed E-state index contributed by atoms with van der Waals surface area (Å²) in [6.45, 7) is 2.71. The van der Waals surface area contributed by atoms with Gasteiger partial charge in [0.25, 0.3) is 5.91 Å². The van der Waals surface area contributed by atoms with E-state index in [4.69, 9.17) is 9.47 Å². The summed E-state index contributed by atoms with van der Waals surface area (Å²) in [5.41, 5.74) is 4.01. The molecule has 2 aromatic carbocycles. The second-order valence-electron chi connectivity index (χ2n) is 7.51. The number of hydrogen-bond donors (Lipinski definition) is 2. The van der Waals surface area contributed by atoms with Crippen molar-refractivity contribution in [3.8, 4) is 17.6 Å². The largest absolute Gasteiger partial charge is 0.493 e. The van der Waals surface area contributed by atoms with Crippen molar-refractivity contribution < 1.29 is 18.7 Å². The maximum Gasteiger partial charge on any atom is 0.276 e. The quantitative estimate of drug-likeness (QED) is 0.360. The molecule has 0 radical (unpaired) electrons. The van der Waals surface area contributed by atoms with Crippen LogP contribution >= 0.6 is 0 Å². The Kier molecular flexibility index (Phi) is 7.45. The van der Waals surface area contributed by atoms with Gasteiger partial charge in [-0.25, -0.2) is 14.5 Å². The summed E-state index contributed by atoms with van der Waals surface area (Å²) in [4.78, 5) is 13.1. The average molecular weight is 491 g/mol. The fourth-order valence-electron chi connectivity index (χ4n) is 3.52. The van der Waals surface area contributed by atoms with Gasteiger partial charge in [0.1, 0.15) is 11.9 Å². The molecule has 0 saturated heterocycles. The van der Waals surface area contributed by atoms with Crippen LogP contribution < -0.4 is 14.9 Å². The van der Waals surface area contributed by atoms with Gasteiger partial charge in [0.05, 0.1) is 30.7 Å². The third kappa shape index (κ3) is 5.27. The fourth-order valence-corrected chi connectivity index (χ4v) is 3.52. The van der Waals surface area contributed by atoms with E-state index in [1.165, 1.54) is 17.1 Å². The minimum atomic E-state index is -0.759. The average Bonchev–Trinajstić information content (AvgIpc) is 3.44. The molecule has 4 rings (SSSR count). The monoisotopic (exact) mass is 491 g/mol. The molecule has 1 aliphatic rings. The van der Waals surface area contributed by atoms with E-state index < -0.39 is 11.7 Å². The highest BCUT2D eigenvalue weighted by atomic mass is 19.1. The van der Waals surface area contributed by atoms with Gasteiger partial charge in [0, 0.05) is 12.1 Å². The molecule has 13 heteroatoms. The van der Waals surface area contributed by atoms with Gasteiger partial charge in [0.2, 0.25) is 11.5 Å². The van der Waals surface area contributed by atoms with Gasteiger partial charge >= 0.3 is 0 Å². The zero-order valence-electron chi connectivity index (χ0n) is 19.5. The molecule has 0 atom stereocenters. The number of ether oxygens (including phenoxy) is 2. The summed E-state index contributed by atoms with van der Waals surface area (Å²) in [6, 6.07) is 11.2. The number of benzene rings is 2. The molecule has 184 valence electrons. The van der Waals surface area contributed by atoms with Crippen molar-refractivity contribution in [2.24, 2.45) is 10.2 Å². The molecule has 12 nitrogen and oxygen atoms in total. The topological polar surface area (TPSA) is 154 Å². The Morgan fingerprint density at radius 1 is 1.31 bits per heavy atom. The Labute approximate surface area is 205 Å². The van der Waals surface area contributed by atoms with Crippen LogP contribution in [0.25, 0.3) is 0 Å². The third-order valence-electron chi connectivity index (χ3n) is 5.23. The zero-order chi connectivity index (χ0) is 25.5. The van der Waals surface area contributed by atoms with Crippen LogP contribution in [0.2, 0.25) is 0 Å². The van der Waals surface area contributed by atoms with Crippen molar-refractivity contribution in [2.45, 2.75) is 19.8 Å². The van der Waals surface area contributed by atoms with Crippen molar-refractivity contribution in [1.29, 1.82) is 5.26 Å². The summed E-state index contributed by atoms with van der Waals surface area (Å²) in [7, 11) is 1.56. The van der Waals surface area contributed by atoms with E-state index in [1.807, 2.05) is 25.1 Å². The molecule has 1 aromatic heterocycles. The molecule has 1 aliphatic heterocycles. The zero-order valence-corrected chi connectivity index (χ0v) is 19.5. The summed E-state index contributed by atoms with van der Waals surface area (Å²) >= 11 is 0. The number of nitriles is 1. The van der Waals surface area contributed by atoms with Crippen LogP contribution in [0.15, 0.2) is 46.6 Å². The molecule has 0 fully saturated rings. The Morgan fingerprint density at radius 2 is 2.17 bits per heavy atom. The molecule has 0 aliphatic carbocycles. The van der Waals surface area contributed by atoms with Crippen molar-refractivity contribution in [3.05, 3.63) is 59.2 Å². The van der Waals surface area contributed by atoms with Crippen LogP contribution in [-0.4, -0.2) is 63.2 Å². The summed E-state index contributed by atoms with van der Waals surface area (Å²) in [5, 5.41) is 31.6. The normalized spacial score (nSPS) is 13.6. The number of hydrogen-bond acceptors (Lipinski definition) is 10. The predicted octanol–water partition coefficient (Wildman–Crippen LogP) is 2.73. The molecular formula is C23H22FN9O3. The number of carbonyl (C=O) groups is 1. The molecule has 0 bridgehead atoms. The van der Waals surface area contributed by atoms with Gasteiger partial charge in [-0.15, -0.1) is 5.10 Å². The van der Waals surface area contributed by atoms with Crippen LogP contribution in [0.4, 0.5) is 10.1 Å². The second-order valence-corrected chi connectivity index (χ2v) is 7.51. The smallest absolute Gasteiger partial charge is 0.276 e. The number of hydrazone groups is 2. The first-order valence-electron chi connectivity index (χ1n) is 11.0. The SMILES string of the molecule is CCOc1cc(C2=NN(C(=O)c3ccc(N/N=C(/C#N)c4nnn[nH]4)cc3F)CCC2)ccc1OC. The number of methoxy groups -OCH3 is 1. The highest BCUT2D eigenvalue weighted by Gasteiger charge is 2.24. The highest BCUT2D eigenvalue weighted by Crippen LogP contribution is 2.30. The third-order valence-corrected chi connectivity index (χ3v) is 5.23. The molecule has 36 heavy (non-hydrogen) atoms. The molecule has 0 saturated carbocycles. The fraction of sp³-hybridized carbons (Fsp3) is 0.261. The van der Waals surface area contributed by atoms with E-state index in [0.29, 0.717) is 43.2 Å². The van der Waals surface area contributed by atoms with Gasteiger partial charge in [-0.1, -0.05) is 0 Å². The number of nitrogens with zero attached hydrogens (tertiary/aromatic N) is 7. The Hall–Kier alpha value is -4.86. The summed E-state index contributed by atoms with van der Waals surface area (Å²) < 4.78 is 25.8. The first-order valence-corrected chi connectivity index (χ1v) is 11.0. The lowest BCUT2D eigenvalue weighted by atomic mass is 10.0. The molecule has 0 unspecified atom stereocenters. The molecule has 3 aromatic rings. The number of rotatable bonds is 8. The lowest BCUT2D eigenvalue weighted by molar-refractivity contribution is 0.0747. The Morgan fingerprint density at radius 3 is 2.86 bits per heavy atom. The molecule has 1 amide bonds. The van der Waals surface area contributed by atoms with Gasteiger partial charge in [-0.3, -0.25) is 10.2 Å². The first-order chi connectivity index (χ1) is 17.5. The van der Waals surface area contributed by atoms with Crippen LogP contribution in [0.3, 0.4) is 0 Å². The lowest BCUT2D eigenvalue weighted by Gasteiger charge is -2.24. The first kappa shape index (κ1) is 24.3. The molecule has 2 heterocycles. The van der Waals surface area contributed by atoms with E-state index in [1.54, 1.807) is 13.2 Å². The number of aromatic nitrogens is 4. The van der Waals surface area contributed by atoms with E-state index >= 15 is 0 Å². The van der Waals surface area contributed by atoms with Gasteiger partial charge < -0.3 is 9.47 Å². The second kappa shape index (κ2) is 11.0. The van der Waals surface area contributed by atoms with Gasteiger partial charge in [-0.05, 0) is 66.6 Å². The van der Waals surface area contributed by atoms with Crippen LogP contribution in [0.1, 0.15) is 41.5 Å². The number of aromatic amines is 1. The minimum absolute atomic E-state index is 0.0567. The van der Waals surface area contributed by atoms with Gasteiger partial charge in [-0.2, -0.15) is 15.5 Å². The summed E-state index contributed by atoms with van der Waals surface area (Å²) in [6.07, 6.45) is 1.33. The van der Waals surface area contributed by atoms with Crippen LogP contribution in [-0.2, 0) is 0 Å². The van der Waals surface area contributed by atoms with E-state index in [0.717, 1.165) is 11.6 Å². The van der Waals surface area contributed by atoms with E-state index in [-0.39, 0.29) is 22.8 Å². The maximum atomic E-state index is 14.9. The number of nitrogens with one attached hydrogen (secondary N) is 2. The highest BCUT2D eigenvalue weighted by molar-refractivity contribution is 6.09. The van der Waals surface area contributed by atoms with Crippen LogP contribution in [0.5, 0.6) is 11.5 Å². The molecule has 2 N–H and O–H groups in total. The summed E-state index contributed by atoms with van der Waals surface area (Å²) in [5.74, 6) is -0.0838. The minimum Gasteiger partial charge on any atom is -0.493 e. The van der Waals surface area contributed by atoms with Crippen molar-refractivity contribution in [2.75, 3.05) is 25.7 Å². The molecular weight excluding hydrogens is 469 g/mol. The number of halogens is 1. The number of amides is 1. The molecule has 0 spiro atoms. The predicted molar refractivity (Wildman–Crippen MR) is 127 cm³/mol. The number of tetrazole rings is 1. The number of anilines is 1. The van der Waals surface area contributed by atoms with Crippen molar-refractivity contribution in [3.63, 3.8) is 0 Å². The van der Waals surface area contributed by atoms with Crippen LogP contribution in [0, 0.1) is 17.1 Å². The number of carbonyl (C=O) groups excluding carboxylic acids is 1. The number of H-pyrrole nitrogens is 1. The van der Waals surface area contributed by atoms with E-state index in [9.17, 15) is 14.4 Å². The lowest BCUT2D eigenvalue weighted by Crippen LogP contribution is -2.32. The van der Waals surface area contributed by atoms with E-state index in [2.05, 4.69) is 36.3 Å². The van der Waals surface area contributed by atoms with Crippen molar-refractivity contribution in [1.82, 2.24) is 25.6 Å².